The number of carboxylic acid groups (broad SMARTS) is 1. The van der Waals surface area contributed by atoms with Crippen molar-refractivity contribution in [2.24, 2.45) is 11.7 Å². The van der Waals surface area contributed by atoms with E-state index in [9.17, 15) is 23.5 Å². The molecule has 2 heterocycles. The molecule has 3 aromatic rings. The third-order valence-corrected chi connectivity index (χ3v) is 6.06. The van der Waals surface area contributed by atoms with Crippen molar-refractivity contribution in [1.82, 2.24) is 4.57 Å². The molecule has 0 aliphatic carbocycles. The number of fused-ring (bicyclic) bond motifs is 1. The summed E-state index contributed by atoms with van der Waals surface area (Å²) < 4.78 is 44.5. The number of carbonyl (C=O) groups is 1. The zero-order valence-corrected chi connectivity index (χ0v) is 17.5. The number of nitrogen functional groups attached to an aromatic ring is 1. The molecular formula is C21H18ClF3N4O3. The molecule has 5 N–H and O–H groups in total. The van der Waals surface area contributed by atoms with Gasteiger partial charge in [0, 0.05) is 31.4 Å². The molecule has 32 heavy (non-hydrogen) atoms. The van der Waals surface area contributed by atoms with Crippen LogP contribution in [0.1, 0.15) is 17.3 Å². The molecule has 1 saturated heterocycles. The van der Waals surface area contributed by atoms with E-state index in [4.69, 9.17) is 23.1 Å². The molecule has 0 unspecified atom stereocenters. The number of benzene rings is 2. The Balaban J connectivity index is 2.12. The van der Waals surface area contributed by atoms with E-state index in [1.165, 1.54) is 0 Å². The first-order valence-electron chi connectivity index (χ1n) is 9.57. The maximum absolute atomic E-state index is 15.1. The molecule has 0 saturated carbocycles. The Bertz CT molecular complexity index is 1330. The molecule has 2 atom stereocenters. The van der Waals surface area contributed by atoms with Crippen LogP contribution >= 0.6 is 11.6 Å². The third-order valence-electron chi connectivity index (χ3n) is 5.70. The Morgan fingerprint density at radius 1 is 1.16 bits per heavy atom. The van der Waals surface area contributed by atoms with Crippen molar-refractivity contribution >= 4 is 39.8 Å². The van der Waals surface area contributed by atoms with Crippen LogP contribution in [-0.4, -0.2) is 34.8 Å². The van der Waals surface area contributed by atoms with E-state index in [1.54, 1.807) is 4.90 Å². The van der Waals surface area contributed by atoms with Gasteiger partial charge in [0.1, 0.15) is 23.0 Å². The van der Waals surface area contributed by atoms with Gasteiger partial charge in [-0.25, -0.2) is 18.0 Å². The Morgan fingerprint density at radius 2 is 1.84 bits per heavy atom. The van der Waals surface area contributed by atoms with Crippen molar-refractivity contribution in [1.29, 1.82) is 0 Å². The SMILES string of the molecule is C[C@@H]1CN(c2c(F)cc3c(=O)c(C(=O)O)cn(-c4cc(N)c(F)cc4F)c3c2Cl)C[C@H]1N. The molecule has 7 nitrogen and oxygen atoms in total. The molecule has 1 aliphatic rings. The molecule has 168 valence electrons. The summed E-state index contributed by atoms with van der Waals surface area (Å²) in [7, 11) is 0. The van der Waals surface area contributed by atoms with E-state index >= 15 is 4.39 Å². The van der Waals surface area contributed by atoms with Crippen molar-refractivity contribution in [3.8, 4) is 5.69 Å². The minimum Gasteiger partial charge on any atom is -0.477 e. The second-order valence-corrected chi connectivity index (χ2v) is 8.21. The maximum Gasteiger partial charge on any atom is 0.341 e. The van der Waals surface area contributed by atoms with Crippen LogP contribution in [0, 0.1) is 23.4 Å². The Kier molecular flexibility index (Phi) is 5.30. The number of hydrogen-bond donors (Lipinski definition) is 3. The topological polar surface area (TPSA) is 115 Å². The monoisotopic (exact) mass is 466 g/mol. The van der Waals surface area contributed by atoms with Crippen LogP contribution in [0.25, 0.3) is 16.6 Å². The smallest absolute Gasteiger partial charge is 0.341 e. The predicted molar refractivity (Wildman–Crippen MR) is 115 cm³/mol. The molecule has 0 spiro atoms. The minimum atomic E-state index is -1.61. The highest BCUT2D eigenvalue weighted by atomic mass is 35.5. The number of hydrogen-bond acceptors (Lipinski definition) is 5. The largest absolute Gasteiger partial charge is 0.477 e. The van der Waals surface area contributed by atoms with Crippen molar-refractivity contribution in [2.75, 3.05) is 23.7 Å². The Morgan fingerprint density at radius 3 is 2.44 bits per heavy atom. The number of anilines is 2. The molecule has 0 amide bonds. The number of halogens is 4. The van der Waals surface area contributed by atoms with Crippen molar-refractivity contribution in [3.05, 3.63) is 62.7 Å². The molecule has 1 fully saturated rings. The van der Waals surface area contributed by atoms with E-state index < -0.39 is 40.1 Å². The van der Waals surface area contributed by atoms with Gasteiger partial charge in [-0.1, -0.05) is 18.5 Å². The summed E-state index contributed by atoms with van der Waals surface area (Å²) >= 11 is 6.55. The van der Waals surface area contributed by atoms with Crippen LogP contribution in [-0.2, 0) is 0 Å². The zero-order chi connectivity index (χ0) is 23.5. The van der Waals surface area contributed by atoms with Crippen molar-refractivity contribution in [3.63, 3.8) is 0 Å². The van der Waals surface area contributed by atoms with Gasteiger partial charge in [0.15, 0.2) is 0 Å². The number of aromatic nitrogens is 1. The molecule has 11 heteroatoms. The Hall–Kier alpha value is -3.24. The molecule has 4 rings (SSSR count). The van der Waals surface area contributed by atoms with Gasteiger partial charge in [-0.3, -0.25) is 4.79 Å². The van der Waals surface area contributed by atoms with Crippen LogP contribution in [0.2, 0.25) is 5.02 Å². The van der Waals surface area contributed by atoms with E-state index in [-0.39, 0.29) is 39.3 Å². The minimum absolute atomic E-state index is 0.0343. The summed E-state index contributed by atoms with van der Waals surface area (Å²) in [4.78, 5) is 26.0. The number of pyridine rings is 1. The van der Waals surface area contributed by atoms with Gasteiger partial charge in [-0.15, -0.1) is 0 Å². The number of rotatable bonds is 3. The zero-order valence-electron chi connectivity index (χ0n) is 16.7. The van der Waals surface area contributed by atoms with E-state index in [1.807, 2.05) is 6.92 Å². The van der Waals surface area contributed by atoms with Crippen molar-refractivity contribution < 1.29 is 23.1 Å². The van der Waals surface area contributed by atoms with Gasteiger partial charge in [0.05, 0.1) is 33.0 Å². The molecule has 0 radical (unpaired) electrons. The summed E-state index contributed by atoms with van der Waals surface area (Å²) in [6.07, 6.45) is 0.856. The highest BCUT2D eigenvalue weighted by molar-refractivity contribution is 6.38. The third kappa shape index (κ3) is 3.35. The van der Waals surface area contributed by atoms with E-state index in [2.05, 4.69) is 0 Å². The highest BCUT2D eigenvalue weighted by Crippen LogP contribution is 2.39. The first-order valence-corrected chi connectivity index (χ1v) is 9.95. The first kappa shape index (κ1) is 22.0. The van der Waals surface area contributed by atoms with Gasteiger partial charge in [-0.05, 0) is 18.1 Å². The van der Waals surface area contributed by atoms with Crippen LogP contribution in [0.4, 0.5) is 24.5 Å². The second kappa shape index (κ2) is 7.72. The van der Waals surface area contributed by atoms with Gasteiger partial charge in [0.2, 0.25) is 5.43 Å². The predicted octanol–water partition coefficient (Wildman–Crippen LogP) is 3.13. The summed E-state index contributed by atoms with van der Waals surface area (Å²) in [6, 6.07) is 2.08. The fourth-order valence-corrected chi connectivity index (χ4v) is 4.35. The molecule has 2 aromatic carbocycles. The summed E-state index contributed by atoms with van der Waals surface area (Å²) in [6.45, 7) is 2.57. The van der Waals surface area contributed by atoms with Crippen molar-refractivity contribution in [2.45, 2.75) is 13.0 Å². The fourth-order valence-electron chi connectivity index (χ4n) is 3.95. The van der Waals surface area contributed by atoms with Gasteiger partial charge in [-0.2, -0.15) is 0 Å². The van der Waals surface area contributed by atoms with Crippen LogP contribution in [0.3, 0.4) is 0 Å². The molecule has 1 aromatic heterocycles. The fraction of sp³-hybridized carbons (Fsp3) is 0.238. The Labute approximate surface area is 184 Å². The lowest BCUT2D eigenvalue weighted by Crippen LogP contribution is -2.29. The van der Waals surface area contributed by atoms with Gasteiger partial charge < -0.3 is 26.0 Å². The highest BCUT2D eigenvalue weighted by Gasteiger charge is 2.32. The maximum atomic E-state index is 15.1. The van der Waals surface area contributed by atoms with Crippen LogP contribution in [0.15, 0.2) is 29.2 Å². The molecule has 0 bridgehead atoms. The number of nitrogens with zero attached hydrogens (tertiary/aromatic N) is 2. The molecule has 1 aliphatic heterocycles. The summed E-state index contributed by atoms with van der Waals surface area (Å²) in [5.41, 5.74) is 8.90. The molecular weight excluding hydrogens is 449 g/mol. The lowest BCUT2D eigenvalue weighted by atomic mass is 10.1. The normalized spacial score (nSPS) is 18.5. The first-order chi connectivity index (χ1) is 15.0. The van der Waals surface area contributed by atoms with Gasteiger partial charge in [0.25, 0.3) is 0 Å². The summed E-state index contributed by atoms with van der Waals surface area (Å²) in [5.74, 6) is -4.54. The number of nitrogens with two attached hydrogens (primary N) is 2. The van der Waals surface area contributed by atoms with E-state index in [0.717, 1.165) is 22.9 Å². The number of aromatic carboxylic acids is 1. The van der Waals surface area contributed by atoms with E-state index in [0.29, 0.717) is 19.2 Å². The lowest BCUT2D eigenvalue weighted by molar-refractivity contribution is 0.0695. The average Bonchev–Trinajstić information content (AvgIpc) is 3.03. The van der Waals surface area contributed by atoms with Crippen LogP contribution in [0.5, 0.6) is 0 Å². The number of carboxylic acids is 1. The second-order valence-electron chi connectivity index (χ2n) is 7.84. The lowest BCUT2D eigenvalue weighted by Gasteiger charge is -2.23. The average molecular weight is 467 g/mol. The summed E-state index contributed by atoms with van der Waals surface area (Å²) in [5, 5.41) is 8.83. The van der Waals surface area contributed by atoms with Gasteiger partial charge >= 0.3 is 5.97 Å². The standard InChI is InChI=1S/C21H18ClF3N4O3/c1-8-5-28(7-15(8)27)19-13(25)2-9-18(17(19)22)29(6-10(20(9)30)21(31)32)16-4-14(26)11(23)3-12(16)24/h2-4,6,8,15H,5,7,26-27H2,1H3,(H,31,32)/t8-,15-/m1/s1. The van der Waals surface area contributed by atoms with Crippen LogP contribution < -0.4 is 21.8 Å². The quantitative estimate of drug-likeness (QED) is 0.511.